The predicted molar refractivity (Wildman–Crippen MR) is 66.1 cm³/mol. The van der Waals surface area contributed by atoms with Gasteiger partial charge in [-0.3, -0.25) is 9.59 Å². The zero-order valence-electron chi connectivity index (χ0n) is 11.0. The highest BCUT2D eigenvalue weighted by Gasteiger charge is 2.22. The van der Waals surface area contributed by atoms with E-state index in [0.717, 1.165) is 26.7 Å². The number of rotatable bonds is 7. The first-order chi connectivity index (χ1) is 8.16. The first kappa shape index (κ1) is 19.5. The van der Waals surface area contributed by atoms with Gasteiger partial charge in [-0.05, 0) is 20.3 Å². The predicted octanol–water partition coefficient (Wildman–Crippen LogP) is 0.637. The number of hydrogen-bond acceptors (Lipinski definition) is 6. The first-order valence-electron chi connectivity index (χ1n) is 5.72. The molecular weight excluding hydrogens is 260 g/mol. The Balaban J connectivity index is 0. The van der Waals surface area contributed by atoms with Crippen LogP contribution in [0, 0.1) is 0 Å². The fraction of sp³-hybridized carbons (Fsp3) is 0.818. The maximum Gasteiger partial charge on any atom is 0.147 e. The van der Waals surface area contributed by atoms with Gasteiger partial charge in [0, 0.05) is 13.0 Å². The van der Waals surface area contributed by atoms with Gasteiger partial charge in [0.25, 0.3) is 0 Å². The molecule has 0 fully saturated rings. The van der Waals surface area contributed by atoms with Crippen LogP contribution in [0.25, 0.3) is 0 Å². The second kappa shape index (κ2) is 10.2. The lowest BCUT2D eigenvalue weighted by Crippen LogP contribution is -2.30. The van der Waals surface area contributed by atoms with Crippen molar-refractivity contribution in [2.45, 2.75) is 51.7 Å². The summed E-state index contributed by atoms with van der Waals surface area (Å²) in [6, 6.07) is 0. The molecule has 7 heteroatoms. The van der Waals surface area contributed by atoms with Gasteiger partial charge in [0.05, 0.1) is 0 Å². The normalized spacial score (nSPS) is 12.3. The molecule has 0 aliphatic carbocycles. The molecule has 108 valence electrons. The topological polar surface area (TPSA) is 112 Å². The number of hydrogen-bond donors (Lipinski definition) is 1. The van der Waals surface area contributed by atoms with Crippen molar-refractivity contribution in [1.29, 1.82) is 0 Å². The summed E-state index contributed by atoms with van der Waals surface area (Å²) in [6.07, 6.45) is 2.80. The van der Waals surface area contributed by atoms with Gasteiger partial charge in [-0.15, -0.1) is 0 Å². The quantitative estimate of drug-likeness (QED) is 0.541. The fourth-order valence-electron chi connectivity index (χ4n) is 1.07. The summed E-state index contributed by atoms with van der Waals surface area (Å²) in [4.78, 5) is 21.0. The van der Waals surface area contributed by atoms with E-state index in [1.54, 1.807) is 0 Å². The molecule has 0 radical (unpaired) electrons. The van der Waals surface area contributed by atoms with E-state index in [9.17, 15) is 22.6 Å². The van der Waals surface area contributed by atoms with Crippen LogP contribution in [-0.4, -0.2) is 41.5 Å². The lowest BCUT2D eigenvalue weighted by molar-refractivity contribution is -0.121. The molecule has 0 heterocycles. The number of aliphatic hydroxyl groups excluding tert-OH is 1. The lowest BCUT2D eigenvalue weighted by Gasteiger charge is -2.15. The summed E-state index contributed by atoms with van der Waals surface area (Å²) in [5.74, 6) is -1.28. The van der Waals surface area contributed by atoms with E-state index >= 15 is 0 Å². The third kappa shape index (κ3) is 11.7. The number of unbranched alkanes of at least 4 members (excludes halogenated alkanes) is 2. The van der Waals surface area contributed by atoms with Gasteiger partial charge in [-0.2, -0.15) is 0 Å². The van der Waals surface area contributed by atoms with Gasteiger partial charge in [-0.1, -0.05) is 19.8 Å². The molecule has 0 amide bonds. The molecule has 1 atom stereocenters. The monoisotopic (exact) mass is 281 g/mol. The molecule has 0 aromatic carbocycles. The minimum Gasteiger partial charge on any atom is -0.747 e. The summed E-state index contributed by atoms with van der Waals surface area (Å²) >= 11 is 0. The van der Waals surface area contributed by atoms with E-state index in [4.69, 9.17) is 5.11 Å². The number of aliphatic hydroxyl groups is 1. The minimum absolute atomic E-state index is 0.355. The van der Waals surface area contributed by atoms with E-state index < -0.39 is 33.4 Å². The van der Waals surface area contributed by atoms with Crippen LogP contribution in [0.4, 0.5) is 0 Å². The molecule has 0 rings (SSSR count). The second-order valence-corrected chi connectivity index (χ2v) is 5.48. The second-order valence-electron chi connectivity index (χ2n) is 3.93. The van der Waals surface area contributed by atoms with Crippen LogP contribution in [0.2, 0.25) is 0 Å². The molecule has 6 nitrogen and oxygen atoms in total. The molecule has 1 unspecified atom stereocenters. The smallest absolute Gasteiger partial charge is 0.147 e. The average Bonchev–Trinajstić information content (AvgIpc) is 2.21. The summed E-state index contributed by atoms with van der Waals surface area (Å²) in [6.45, 7) is 4.58. The minimum atomic E-state index is -4.68. The maximum absolute atomic E-state index is 10.6. The Morgan fingerprint density at radius 3 is 1.83 bits per heavy atom. The maximum atomic E-state index is 10.6. The largest absolute Gasteiger partial charge is 0.747 e. The van der Waals surface area contributed by atoms with Crippen molar-refractivity contribution in [3.63, 3.8) is 0 Å². The molecular formula is C11H21O6S-. The first-order valence-corrected chi connectivity index (χ1v) is 7.19. The van der Waals surface area contributed by atoms with Gasteiger partial charge >= 0.3 is 0 Å². The Kier molecular flexibility index (Phi) is 11.0. The van der Waals surface area contributed by atoms with Gasteiger partial charge in [-0.25, -0.2) is 8.42 Å². The summed E-state index contributed by atoms with van der Waals surface area (Å²) in [5.41, 5.74) is 0. The molecule has 0 aromatic rings. The molecule has 0 aliphatic rings. The molecule has 0 bridgehead atoms. The van der Waals surface area contributed by atoms with E-state index in [-0.39, 0.29) is 0 Å². The Bertz CT molecular complexity index is 343. The van der Waals surface area contributed by atoms with E-state index in [1.807, 2.05) is 0 Å². The summed E-state index contributed by atoms with van der Waals surface area (Å²) in [5, 5.41) is 6.48. The lowest BCUT2D eigenvalue weighted by atomic mass is 10.2. The van der Waals surface area contributed by atoms with E-state index in [0.29, 0.717) is 6.61 Å². The van der Waals surface area contributed by atoms with Crippen LogP contribution in [0.5, 0.6) is 0 Å². The number of carbonyl (C=O) groups is 2. The molecule has 18 heavy (non-hydrogen) atoms. The third-order valence-electron chi connectivity index (χ3n) is 2.04. The van der Waals surface area contributed by atoms with Crippen molar-refractivity contribution in [3.8, 4) is 0 Å². The summed E-state index contributed by atoms with van der Waals surface area (Å²) < 4.78 is 31.1. The number of ketones is 2. The van der Waals surface area contributed by atoms with Gasteiger partial charge in [0.2, 0.25) is 0 Å². The van der Waals surface area contributed by atoms with Gasteiger partial charge in [0.15, 0.2) is 0 Å². The van der Waals surface area contributed by atoms with Crippen molar-refractivity contribution in [3.05, 3.63) is 0 Å². The Morgan fingerprint density at radius 2 is 1.72 bits per heavy atom. The molecule has 1 N–H and O–H groups in total. The SMILES string of the molecule is CC(=O)CC(C(C)=O)S(=O)(=O)[O-].CCCCCO. The van der Waals surface area contributed by atoms with Crippen molar-refractivity contribution < 1.29 is 27.7 Å². The van der Waals surface area contributed by atoms with Crippen molar-refractivity contribution in [1.82, 2.24) is 0 Å². The highest BCUT2D eigenvalue weighted by atomic mass is 32.2. The fourth-order valence-corrected chi connectivity index (χ4v) is 1.92. The van der Waals surface area contributed by atoms with Crippen molar-refractivity contribution >= 4 is 21.7 Å². The number of carbonyl (C=O) groups excluding carboxylic acids is 2. The third-order valence-corrected chi connectivity index (χ3v) is 3.23. The standard InChI is InChI=1S/C6H10O5S.C5H12O/c1-4(7)3-6(5(2)8)12(9,10)11;1-2-3-4-5-6/h6H,3H2,1-2H3,(H,9,10,11);6H,2-5H2,1H3/p-1. The zero-order chi connectivity index (χ0) is 14.8. The van der Waals surface area contributed by atoms with E-state index in [2.05, 4.69) is 6.92 Å². The van der Waals surface area contributed by atoms with Crippen LogP contribution in [0.3, 0.4) is 0 Å². The highest BCUT2D eigenvalue weighted by Crippen LogP contribution is 2.05. The molecule has 0 aliphatic heterocycles. The Labute approximate surface area is 108 Å². The molecule has 0 saturated carbocycles. The molecule has 0 saturated heterocycles. The van der Waals surface area contributed by atoms with Crippen LogP contribution < -0.4 is 0 Å². The van der Waals surface area contributed by atoms with Crippen molar-refractivity contribution in [2.75, 3.05) is 6.61 Å². The van der Waals surface area contributed by atoms with E-state index in [1.165, 1.54) is 6.42 Å². The van der Waals surface area contributed by atoms with Crippen LogP contribution in [0.15, 0.2) is 0 Å². The Morgan fingerprint density at radius 1 is 1.22 bits per heavy atom. The molecule has 0 spiro atoms. The van der Waals surface area contributed by atoms with Crippen LogP contribution in [-0.2, 0) is 19.7 Å². The Hall–Kier alpha value is -0.790. The van der Waals surface area contributed by atoms with Crippen molar-refractivity contribution in [2.24, 2.45) is 0 Å². The number of Topliss-reactive ketones (excluding diaryl/α,β-unsaturated/α-hetero) is 2. The summed E-state index contributed by atoms with van der Waals surface area (Å²) in [7, 11) is -4.68. The van der Waals surface area contributed by atoms with Gasteiger partial charge in [0.1, 0.15) is 26.9 Å². The molecule has 0 aromatic heterocycles. The zero-order valence-corrected chi connectivity index (χ0v) is 11.8. The average molecular weight is 281 g/mol. The van der Waals surface area contributed by atoms with Gasteiger partial charge < -0.3 is 9.66 Å². The highest BCUT2D eigenvalue weighted by molar-refractivity contribution is 7.87. The van der Waals surface area contributed by atoms with Crippen LogP contribution in [0.1, 0.15) is 46.5 Å². The van der Waals surface area contributed by atoms with Crippen LogP contribution >= 0.6 is 0 Å².